The van der Waals surface area contributed by atoms with E-state index in [-0.39, 0.29) is 18.6 Å². The average molecular weight is 373 g/mol. The minimum atomic E-state index is -0.810. The number of hydrogen-bond acceptors (Lipinski definition) is 5. The quantitative estimate of drug-likeness (QED) is 0.542. The van der Waals surface area contributed by atoms with Crippen molar-refractivity contribution in [3.63, 3.8) is 0 Å². The molecule has 2 rings (SSSR count). The number of hydrogen-bond donors (Lipinski definition) is 4. The highest BCUT2D eigenvalue weighted by Gasteiger charge is 2.28. The van der Waals surface area contributed by atoms with Crippen molar-refractivity contribution < 1.29 is 20.4 Å². The molecule has 0 unspecified atom stereocenters. The van der Waals surface area contributed by atoms with E-state index in [9.17, 15) is 15.3 Å². The fraction of sp³-hybridized carbons (Fsp3) is 0.455. The summed E-state index contributed by atoms with van der Waals surface area (Å²) >= 11 is 0. The topological polar surface area (TPSA) is 84.2 Å². The summed E-state index contributed by atoms with van der Waals surface area (Å²) in [6, 6.07) is 16.3. The van der Waals surface area contributed by atoms with Gasteiger partial charge in [0.15, 0.2) is 0 Å². The molecule has 5 nitrogen and oxygen atoms in total. The van der Waals surface area contributed by atoms with Crippen LogP contribution in [0.25, 0.3) is 0 Å². The second-order valence-electron chi connectivity index (χ2n) is 7.31. The van der Waals surface area contributed by atoms with Crippen LogP contribution in [0.1, 0.15) is 42.7 Å². The molecule has 0 saturated carbocycles. The van der Waals surface area contributed by atoms with E-state index >= 15 is 0 Å². The van der Waals surface area contributed by atoms with Crippen LogP contribution in [0.5, 0.6) is 0 Å². The van der Waals surface area contributed by atoms with E-state index in [1.165, 1.54) is 0 Å². The van der Waals surface area contributed by atoms with E-state index in [1.807, 2.05) is 49.2 Å². The summed E-state index contributed by atoms with van der Waals surface area (Å²) in [6.45, 7) is 4.01. The summed E-state index contributed by atoms with van der Waals surface area (Å²) < 4.78 is 0. The van der Waals surface area contributed by atoms with E-state index in [4.69, 9.17) is 5.11 Å². The average Bonchev–Trinajstić information content (AvgIpc) is 2.72. The zero-order valence-corrected chi connectivity index (χ0v) is 16.2. The van der Waals surface area contributed by atoms with Gasteiger partial charge in [0.1, 0.15) is 0 Å². The van der Waals surface area contributed by atoms with E-state index in [0.29, 0.717) is 12.1 Å². The number of aliphatic hydroxyl groups excluding tert-OH is 4. The molecule has 0 fully saturated rings. The highest BCUT2D eigenvalue weighted by atomic mass is 16.3. The van der Waals surface area contributed by atoms with Gasteiger partial charge in [0.2, 0.25) is 0 Å². The van der Waals surface area contributed by atoms with Gasteiger partial charge in [-0.2, -0.15) is 0 Å². The maximum atomic E-state index is 10.6. The third-order valence-corrected chi connectivity index (χ3v) is 5.38. The van der Waals surface area contributed by atoms with Gasteiger partial charge in [-0.15, -0.1) is 0 Å². The molecule has 0 radical (unpaired) electrons. The van der Waals surface area contributed by atoms with E-state index in [2.05, 4.69) is 0 Å². The maximum Gasteiger partial charge on any atom is 0.0942 e. The molecule has 0 aliphatic heterocycles. The first-order chi connectivity index (χ1) is 12.8. The van der Waals surface area contributed by atoms with Crippen LogP contribution in [0.4, 0.5) is 0 Å². The molecule has 0 heterocycles. The first-order valence-corrected chi connectivity index (χ1v) is 9.34. The summed E-state index contributed by atoms with van der Waals surface area (Å²) in [6.07, 6.45) is -2.22. The van der Waals surface area contributed by atoms with Crippen molar-refractivity contribution in [1.82, 2.24) is 4.90 Å². The van der Waals surface area contributed by atoms with Crippen LogP contribution in [-0.2, 0) is 6.61 Å². The third kappa shape index (κ3) is 5.61. The Balaban J connectivity index is 1.96. The fourth-order valence-corrected chi connectivity index (χ4v) is 3.13. The first-order valence-electron chi connectivity index (χ1n) is 9.34. The molecule has 0 spiro atoms. The summed E-state index contributed by atoms with van der Waals surface area (Å²) in [5, 5.41) is 40.8. The molecule has 27 heavy (non-hydrogen) atoms. The molecule has 148 valence electrons. The lowest BCUT2D eigenvalue weighted by Gasteiger charge is -2.33. The number of nitrogens with zero attached hydrogens (tertiary/aromatic N) is 1. The van der Waals surface area contributed by atoms with Crippen molar-refractivity contribution in [2.75, 3.05) is 13.6 Å². The van der Waals surface area contributed by atoms with Gasteiger partial charge in [-0.25, -0.2) is 0 Å². The second kappa shape index (κ2) is 9.97. The minimum absolute atomic E-state index is 0.0407. The van der Waals surface area contributed by atoms with Gasteiger partial charge >= 0.3 is 0 Å². The Kier molecular flexibility index (Phi) is 7.95. The predicted molar refractivity (Wildman–Crippen MR) is 106 cm³/mol. The van der Waals surface area contributed by atoms with Crippen LogP contribution in [-0.4, -0.2) is 51.1 Å². The largest absolute Gasteiger partial charge is 0.392 e. The third-order valence-electron chi connectivity index (χ3n) is 5.38. The maximum absolute atomic E-state index is 10.6. The summed E-state index contributed by atoms with van der Waals surface area (Å²) in [5.74, 6) is -0.381. The zero-order valence-electron chi connectivity index (χ0n) is 16.2. The highest BCUT2D eigenvalue weighted by molar-refractivity contribution is 5.24. The lowest BCUT2D eigenvalue weighted by molar-refractivity contribution is -0.0135. The van der Waals surface area contributed by atoms with Crippen LogP contribution in [0, 0.1) is 5.92 Å². The molecule has 0 bridgehead atoms. The van der Waals surface area contributed by atoms with E-state index in [1.54, 1.807) is 31.2 Å². The van der Waals surface area contributed by atoms with E-state index in [0.717, 1.165) is 11.1 Å². The molecule has 2 aromatic carbocycles. The van der Waals surface area contributed by atoms with Crippen LogP contribution in [0.15, 0.2) is 54.6 Å². The number of rotatable bonds is 9. The Morgan fingerprint density at radius 3 is 1.93 bits per heavy atom. The molecule has 0 aliphatic carbocycles. The molecular formula is C22H31NO4. The van der Waals surface area contributed by atoms with Crippen molar-refractivity contribution in [1.29, 1.82) is 0 Å². The Labute approximate surface area is 161 Å². The summed E-state index contributed by atoms with van der Waals surface area (Å²) in [4.78, 5) is 1.90. The molecule has 0 amide bonds. The van der Waals surface area contributed by atoms with Gasteiger partial charge in [0.05, 0.1) is 24.9 Å². The van der Waals surface area contributed by atoms with Crippen molar-refractivity contribution in [3.8, 4) is 0 Å². The highest BCUT2D eigenvalue weighted by Crippen LogP contribution is 2.26. The molecule has 4 N–H and O–H groups in total. The Morgan fingerprint density at radius 1 is 0.815 bits per heavy atom. The Hall–Kier alpha value is -1.76. The summed E-state index contributed by atoms with van der Waals surface area (Å²) in [7, 11) is 1.86. The molecule has 0 aromatic heterocycles. The van der Waals surface area contributed by atoms with Gasteiger partial charge < -0.3 is 20.4 Å². The minimum Gasteiger partial charge on any atom is -0.392 e. The van der Waals surface area contributed by atoms with Crippen molar-refractivity contribution in [2.24, 2.45) is 5.92 Å². The van der Waals surface area contributed by atoms with Crippen molar-refractivity contribution >= 4 is 0 Å². The van der Waals surface area contributed by atoms with Crippen LogP contribution < -0.4 is 0 Å². The van der Waals surface area contributed by atoms with E-state index < -0.39 is 18.3 Å². The molecule has 0 aliphatic rings. The monoisotopic (exact) mass is 373 g/mol. The van der Waals surface area contributed by atoms with Crippen LogP contribution in [0.3, 0.4) is 0 Å². The van der Waals surface area contributed by atoms with Gasteiger partial charge in [-0.05, 0) is 30.7 Å². The van der Waals surface area contributed by atoms with Crippen molar-refractivity contribution in [3.05, 3.63) is 71.3 Å². The number of aliphatic hydroxyl groups is 4. The number of likely N-dealkylation sites (N-methyl/N-ethyl adjacent to an activating group) is 1. The Bertz CT molecular complexity index is 676. The predicted octanol–water partition coefficient (Wildman–Crippen LogP) is 2.26. The van der Waals surface area contributed by atoms with Gasteiger partial charge in [-0.3, -0.25) is 4.90 Å². The van der Waals surface area contributed by atoms with Crippen molar-refractivity contribution in [2.45, 2.75) is 44.8 Å². The lowest BCUT2D eigenvalue weighted by Crippen LogP contribution is -2.42. The number of benzene rings is 2. The lowest BCUT2D eigenvalue weighted by atomic mass is 9.91. The second-order valence-corrected chi connectivity index (χ2v) is 7.31. The molecule has 2 aromatic rings. The normalized spacial score (nSPS) is 17.3. The standard InChI is InChI=1S/C22H31NO4/c1-15(21(26)19-11-9-17(14-24)10-12-19)20(25)13-23(3)16(2)22(27)18-7-5-4-6-8-18/h4-12,15-16,20-22,24-27H,13-14H2,1-3H3/t15-,16-,20+,21+,22-/m1/s1. The Morgan fingerprint density at radius 2 is 1.37 bits per heavy atom. The SMILES string of the molecule is C[C@@H]([C@H](O)c1ccc(CO)cc1)[C@@H](O)CN(C)[C@H](C)[C@@H](O)c1ccccc1. The summed E-state index contributed by atoms with van der Waals surface area (Å²) in [5.41, 5.74) is 2.32. The molecular weight excluding hydrogens is 342 g/mol. The van der Waals surface area contributed by atoms with Gasteiger partial charge in [0, 0.05) is 18.5 Å². The molecule has 5 heteroatoms. The fourth-order valence-electron chi connectivity index (χ4n) is 3.13. The van der Waals surface area contributed by atoms with Gasteiger partial charge in [0.25, 0.3) is 0 Å². The van der Waals surface area contributed by atoms with Crippen LogP contribution in [0.2, 0.25) is 0 Å². The zero-order chi connectivity index (χ0) is 20.0. The molecule has 0 saturated heterocycles. The van der Waals surface area contributed by atoms with Crippen LogP contribution >= 0.6 is 0 Å². The molecule has 5 atom stereocenters. The van der Waals surface area contributed by atoms with Gasteiger partial charge in [-0.1, -0.05) is 61.5 Å². The smallest absolute Gasteiger partial charge is 0.0942 e. The first kappa shape index (κ1) is 21.5.